The van der Waals surface area contributed by atoms with Gasteiger partial charge in [-0.1, -0.05) is 138 Å². The average molecular weight is 754 g/mol. The Hall–Kier alpha value is -4.02. The second kappa shape index (κ2) is 57.3. The summed E-state index contributed by atoms with van der Waals surface area (Å²) in [6.07, 6.45) is 8.25. The molecule has 0 bridgehead atoms. The summed E-state index contributed by atoms with van der Waals surface area (Å²) in [5.41, 5.74) is 1.49. The van der Waals surface area contributed by atoms with Crippen molar-refractivity contribution < 1.29 is 32.7 Å². The minimum atomic E-state index is -0.914. The van der Waals surface area contributed by atoms with Crippen molar-refractivity contribution >= 4 is 30.5 Å². The van der Waals surface area contributed by atoms with E-state index in [0.29, 0.717) is 24.9 Å². The first-order valence-corrected chi connectivity index (χ1v) is 18.9. The smallest absolute Gasteiger partial charge is 0.306 e. The molecule has 0 heterocycles. The molecule has 0 radical (unpaired) electrons. The highest BCUT2D eigenvalue weighted by Gasteiger charge is 2.13. The van der Waals surface area contributed by atoms with Crippen molar-refractivity contribution in [2.45, 2.75) is 122 Å². The minimum Gasteiger partial charge on any atom is -0.461 e. The maximum Gasteiger partial charge on any atom is 0.306 e. The summed E-state index contributed by atoms with van der Waals surface area (Å²) in [7, 11) is 3.56. The van der Waals surface area contributed by atoms with Crippen LogP contribution in [0.2, 0.25) is 0 Å². The van der Waals surface area contributed by atoms with Gasteiger partial charge >= 0.3 is 5.97 Å². The van der Waals surface area contributed by atoms with Crippen LogP contribution < -0.4 is 16.0 Å². The highest BCUT2D eigenvalue weighted by atomic mass is 19.2. The average Bonchev–Trinajstić information content (AvgIpc) is 3.18. The number of ether oxygens (including phenoxy) is 1. The van der Waals surface area contributed by atoms with E-state index >= 15 is 0 Å². The number of carbonyl (C=O) groups is 4. The molecule has 0 aromatic heterocycles. The molecule has 308 valence electrons. The van der Waals surface area contributed by atoms with E-state index in [1.165, 1.54) is 24.6 Å². The molecule has 1 atom stereocenters. The summed E-state index contributed by atoms with van der Waals surface area (Å²) in [5.74, 6) is -1.94. The Kier molecular flexibility index (Phi) is 69.2. The molecule has 1 amide bonds. The van der Waals surface area contributed by atoms with E-state index in [0.717, 1.165) is 36.9 Å². The molecule has 1 unspecified atom stereocenters. The molecular weight excluding hydrogens is 676 g/mol. The van der Waals surface area contributed by atoms with Crippen LogP contribution in [0.25, 0.3) is 6.08 Å². The fraction of sp³-hybridized carbons (Fsp3) is 0.535. The van der Waals surface area contributed by atoms with E-state index < -0.39 is 11.6 Å². The molecule has 2 rings (SSSR count). The Labute approximate surface area is 323 Å². The van der Waals surface area contributed by atoms with Gasteiger partial charge in [-0.2, -0.15) is 0 Å². The van der Waals surface area contributed by atoms with Crippen molar-refractivity contribution in [2.75, 3.05) is 27.2 Å². The molecule has 0 aliphatic carbocycles. The van der Waals surface area contributed by atoms with Gasteiger partial charge in [-0.15, -0.1) is 6.58 Å². The number of hydrogen-bond acceptors (Lipinski definition) is 7. The van der Waals surface area contributed by atoms with Gasteiger partial charge in [0.1, 0.15) is 19.2 Å². The number of esters is 1. The zero-order chi connectivity index (χ0) is 42.9. The Morgan fingerprint density at radius 2 is 1.36 bits per heavy atom. The SMILES string of the molecule is C=CC.CC.CC.CC.CC.CCC.CNCC(=O)NC(C=O)C(C)C.CNCCCC(=O)OCc1ccccc1.O=C/C=C/c1ccc(F)c(F)c1. The lowest BCUT2D eigenvalue weighted by molar-refractivity contribution is -0.145. The number of rotatable bonds is 13. The van der Waals surface area contributed by atoms with Gasteiger partial charge in [-0.3, -0.25) is 14.4 Å². The molecule has 0 saturated carbocycles. The van der Waals surface area contributed by atoms with Crippen molar-refractivity contribution in [1.82, 2.24) is 16.0 Å². The minimum absolute atomic E-state index is 0.130. The fourth-order valence-electron chi connectivity index (χ4n) is 2.74. The van der Waals surface area contributed by atoms with E-state index in [2.05, 4.69) is 36.4 Å². The van der Waals surface area contributed by atoms with Crippen LogP contribution in [-0.4, -0.2) is 57.7 Å². The predicted molar refractivity (Wildman–Crippen MR) is 225 cm³/mol. The summed E-state index contributed by atoms with van der Waals surface area (Å²) < 4.78 is 30.0. The molecule has 0 spiro atoms. The lowest BCUT2D eigenvalue weighted by atomic mass is 10.1. The van der Waals surface area contributed by atoms with Crippen LogP contribution in [0.1, 0.15) is 120 Å². The van der Waals surface area contributed by atoms with E-state index in [-0.39, 0.29) is 30.4 Å². The van der Waals surface area contributed by atoms with Gasteiger partial charge in [-0.05, 0) is 69.2 Å². The summed E-state index contributed by atoms with van der Waals surface area (Å²) in [4.78, 5) is 42.6. The molecule has 10 heteroatoms. The Morgan fingerprint density at radius 1 is 0.849 bits per heavy atom. The Bertz CT molecular complexity index is 1080. The monoisotopic (exact) mass is 754 g/mol. The topological polar surface area (TPSA) is 114 Å². The highest BCUT2D eigenvalue weighted by molar-refractivity contribution is 5.81. The lowest BCUT2D eigenvalue weighted by Gasteiger charge is -2.15. The van der Waals surface area contributed by atoms with Crippen molar-refractivity contribution in [3.05, 3.63) is 90.0 Å². The second-order valence-electron chi connectivity index (χ2n) is 9.64. The maximum absolute atomic E-state index is 12.5. The van der Waals surface area contributed by atoms with E-state index in [9.17, 15) is 28.0 Å². The van der Waals surface area contributed by atoms with E-state index in [1.54, 1.807) is 13.1 Å². The lowest BCUT2D eigenvalue weighted by Crippen LogP contribution is -2.43. The predicted octanol–water partition coefficient (Wildman–Crippen LogP) is 10.2. The van der Waals surface area contributed by atoms with Crippen molar-refractivity contribution in [3.8, 4) is 0 Å². The fourth-order valence-corrected chi connectivity index (χ4v) is 2.74. The number of benzene rings is 2. The van der Waals surface area contributed by atoms with Gasteiger partial charge in [0.05, 0.1) is 12.6 Å². The third-order valence-corrected chi connectivity index (χ3v) is 4.89. The van der Waals surface area contributed by atoms with Gasteiger partial charge in [0, 0.05) is 6.42 Å². The second-order valence-corrected chi connectivity index (χ2v) is 9.64. The molecule has 0 aliphatic heterocycles. The van der Waals surface area contributed by atoms with Crippen LogP contribution in [0, 0.1) is 17.6 Å². The van der Waals surface area contributed by atoms with Crippen molar-refractivity contribution in [3.63, 3.8) is 0 Å². The van der Waals surface area contributed by atoms with Crippen LogP contribution in [0.5, 0.6) is 0 Å². The van der Waals surface area contributed by atoms with Crippen molar-refractivity contribution in [1.29, 1.82) is 0 Å². The van der Waals surface area contributed by atoms with Crippen LogP contribution in [0.15, 0.2) is 67.3 Å². The first kappa shape index (κ1) is 64.0. The van der Waals surface area contributed by atoms with Crippen molar-refractivity contribution in [2.24, 2.45) is 5.92 Å². The summed E-state index contributed by atoms with van der Waals surface area (Å²) in [6.45, 7) is 30.7. The molecule has 0 saturated heterocycles. The molecule has 53 heavy (non-hydrogen) atoms. The number of likely N-dealkylation sites (N-methyl/N-ethyl adjacent to an activating group) is 1. The molecule has 2 aromatic rings. The number of halogens is 2. The van der Waals surface area contributed by atoms with Crippen LogP contribution >= 0.6 is 0 Å². The normalized spacial score (nSPS) is 9.09. The molecule has 2 aromatic carbocycles. The number of hydrogen-bond donors (Lipinski definition) is 3. The van der Waals surface area contributed by atoms with Gasteiger partial charge in [0.25, 0.3) is 0 Å². The largest absolute Gasteiger partial charge is 0.461 e. The highest BCUT2D eigenvalue weighted by Crippen LogP contribution is 2.09. The molecule has 3 N–H and O–H groups in total. The van der Waals surface area contributed by atoms with Crippen LogP contribution in [0.3, 0.4) is 0 Å². The summed E-state index contributed by atoms with van der Waals surface area (Å²) in [6, 6.07) is 12.8. The van der Waals surface area contributed by atoms with Gasteiger partial charge in [-0.25, -0.2) is 8.78 Å². The van der Waals surface area contributed by atoms with Gasteiger partial charge < -0.3 is 25.5 Å². The van der Waals surface area contributed by atoms with Gasteiger partial charge in [0.15, 0.2) is 11.6 Å². The standard InChI is InChI=1S/C12H17NO2.C9H6F2O.C8H16N2O2.C3H8.C3H6.4C2H6/c1-13-9-5-8-12(14)15-10-11-6-3-2-4-7-11;10-8-4-3-7(2-1-5-12)6-9(8)11;1-6(2)7(5-11)10-8(12)4-9-3;2*1-3-2;4*1-2/h2-4,6-7,13H,5,8-10H2,1H3;1-6H;5-7,9H,4H2,1-3H3,(H,10,12);3H2,1-2H3;3H,1H2,2H3;4*1-2H3/b;2-1+;;;;;;;. The Balaban J connectivity index is -0.000000103. The molecular formula is C43H77F2N3O5. The van der Waals surface area contributed by atoms with Gasteiger partial charge in [0.2, 0.25) is 5.91 Å². The zero-order valence-corrected chi connectivity index (χ0v) is 35.9. The summed E-state index contributed by atoms with van der Waals surface area (Å²) >= 11 is 0. The molecule has 0 fully saturated rings. The Morgan fingerprint density at radius 3 is 1.75 bits per heavy atom. The quantitative estimate of drug-likeness (QED) is 0.0614. The molecule has 8 nitrogen and oxygen atoms in total. The van der Waals surface area contributed by atoms with E-state index in [1.807, 2.05) is 114 Å². The maximum atomic E-state index is 12.5. The number of allylic oxidation sites excluding steroid dienone is 2. The number of nitrogens with one attached hydrogen (secondary N) is 3. The van der Waals surface area contributed by atoms with E-state index in [4.69, 9.17) is 4.74 Å². The van der Waals surface area contributed by atoms with Crippen LogP contribution in [-0.2, 0) is 30.5 Å². The number of aldehydes is 2. The first-order chi connectivity index (χ1) is 25.5. The van der Waals surface area contributed by atoms with Crippen LogP contribution in [0.4, 0.5) is 8.78 Å². The number of carbonyl (C=O) groups excluding carboxylic acids is 4. The first-order valence-electron chi connectivity index (χ1n) is 18.9. The zero-order valence-electron chi connectivity index (χ0n) is 35.9. The third kappa shape index (κ3) is 52.4. The summed E-state index contributed by atoms with van der Waals surface area (Å²) in [5, 5.41) is 8.29. The number of amides is 1. The molecule has 0 aliphatic rings. The third-order valence-electron chi connectivity index (χ3n) is 4.89.